The summed E-state index contributed by atoms with van der Waals surface area (Å²) in [6.45, 7) is 1.57. The lowest BCUT2D eigenvalue weighted by Crippen LogP contribution is -2.22. The van der Waals surface area contributed by atoms with Gasteiger partial charge in [0.2, 0.25) is 0 Å². The number of nitrogens with zero attached hydrogens (tertiary/aromatic N) is 3. The van der Waals surface area contributed by atoms with Crippen molar-refractivity contribution in [1.29, 1.82) is 0 Å². The van der Waals surface area contributed by atoms with E-state index >= 15 is 0 Å². The van der Waals surface area contributed by atoms with E-state index in [9.17, 15) is 5.11 Å². The number of β-amino-alcohol motifs (C(OH)–C–C–N with tert-alkyl or cyclic N) is 1. The molecule has 0 unspecified atom stereocenters. The summed E-state index contributed by atoms with van der Waals surface area (Å²) in [6, 6.07) is 1.89. The molecule has 2 heterocycles. The van der Waals surface area contributed by atoms with Crippen LogP contribution in [-0.2, 0) is 0 Å². The molecule has 5 heteroatoms. The second kappa shape index (κ2) is 4.14. The fourth-order valence-electron chi connectivity index (χ4n) is 1.56. The standard InChI is InChI=1S/C9H13N3OS/c1-14-9-10-4-2-8(11-9)12-5-3-7(13)6-12/h2,4,7,13H,3,5-6H2,1H3/t7-/m1/s1. The molecular weight excluding hydrogens is 198 g/mol. The highest BCUT2D eigenvalue weighted by atomic mass is 32.2. The molecule has 1 atom stereocenters. The van der Waals surface area contributed by atoms with Crippen LogP contribution < -0.4 is 4.90 Å². The molecule has 4 nitrogen and oxygen atoms in total. The predicted octanol–water partition coefficient (Wildman–Crippen LogP) is 0.770. The van der Waals surface area contributed by atoms with E-state index in [1.54, 1.807) is 6.20 Å². The van der Waals surface area contributed by atoms with Crippen molar-refractivity contribution < 1.29 is 5.11 Å². The first-order chi connectivity index (χ1) is 6.79. The maximum Gasteiger partial charge on any atom is 0.189 e. The molecule has 1 N–H and O–H groups in total. The summed E-state index contributed by atoms with van der Waals surface area (Å²) >= 11 is 1.53. The average Bonchev–Trinajstić information content (AvgIpc) is 2.65. The minimum absolute atomic E-state index is 0.206. The van der Waals surface area contributed by atoms with Gasteiger partial charge >= 0.3 is 0 Å². The quantitative estimate of drug-likeness (QED) is 0.578. The molecular formula is C9H13N3OS. The van der Waals surface area contributed by atoms with E-state index in [1.807, 2.05) is 12.3 Å². The molecule has 0 radical (unpaired) electrons. The molecule has 0 spiro atoms. The van der Waals surface area contributed by atoms with Crippen molar-refractivity contribution in [1.82, 2.24) is 9.97 Å². The third-order valence-corrected chi connectivity index (χ3v) is 2.85. The van der Waals surface area contributed by atoms with Gasteiger partial charge in [-0.2, -0.15) is 0 Å². The summed E-state index contributed by atoms with van der Waals surface area (Å²) in [5.41, 5.74) is 0. The van der Waals surface area contributed by atoms with Gasteiger partial charge in [-0.05, 0) is 18.7 Å². The van der Waals surface area contributed by atoms with E-state index in [1.165, 1.54) is 11.8 Å². The number of anilines is 1. The van der Waals surface area contributed by atoms with Crippen molar-refractivity contribution in [3.05, 3.63) is 12.3 Å². The lowest BCUT2D eigenvalue weighted by atomic mass is 10.3. The number of hydrogen-bond acceptors (Lipinski definition) is 5. The molecule has 2 rings (SSSR count). The average molecular weight is 211 g/mol. The van der Waals surface area contributed by atoms with Gasteiger partial charge in [0, 0.05) is 19.3 Å². The molecule has 0 amide bonds. The maximum absolute atomic E-state index is 9.40. The van der Waals surface area contributed by atoms with Gasteiger partial charge in [0.15, 0.2) is 5.16 Å². The summed E-state index contributed by atoms with van der Waals surface area (Å²) in [5.74, 6) is 0.918. The Kier molecular flexibility index (Phi) is 2.88. The number of thioether (sulfide) groups is 1. The summed E-state index contributed by atoms with van der Waals surface area (Å²) in [5, 5.41) is 10.2. The van der Waals surface area contributed by atoms with E-state index < -0.39 is 0 Å². The summed E-state index contributed by atoms with van der Waals surface area (Å²) < 4.78 is 0. The Bertz CT molecular complexity index is 321. The molecule has 14 heavy (non-hydrogen) atoms. The van der Waals surface area contributed by atoms with Crippen LogP contribution in [0.3, 0.4) is 0 Å². The third-order valence-electron chi connectivity index (χ3n) is 2.29. The molecule has 1 aromatic heterocycles. The van der Waals surface area contributed by atoms with Gasteiger partial charge in [-0.3, -0.25) is 0 Å². The van der Waals surface area contributed by atoms with E-state index in [0.717, 1.165) is 23.9 Å². The highest BCUT2D eigenvalue weighted by Gasteiger charge is 2.21. The van der Waals surface area contributed by atoms with Crippen molar-refractivity contribution in [3.8, 4) is 0 Å². The van der Waals surface area contributed by atoms with Crippen LogP contribution in [0.15, 0.2) is 17.4 Å². The Morgan fingerprint density at radius 2 is 2.50 bits per heavy atom. The fraction of sp³-hybridized carbons (Fsp3) is 0.556. The Hall–Kier alpha value is -0.810. The van der Waals surface area contributed by atoms with Crippen LogP contribution >= 0.6 is 11.8 Å². The number of rotatable bonds is 2. The summed E-state index contributed by atoms with van der Waals surface area (Å²) in [7, 11) is 0. The normalized spacial score (nSPS) is 21.6. The van der Waals surface area contributed by atoms with Gasteiger partial charge in [0.25, 0.3) is 0 Å². The lowest BCUT2D eigenvalue weighted by molar-refractivity contribution is 0.198. The Labute approximate surface area is 87.4 Å². The largest absolute Gasteiger partial charge is 0.391 e. The second-order valence-electron chi connectivity index (χ2n) is 3.29. The minimum atomic E-state index is -0.206. The smallest absolute Gasteiger partial charge is 0.189 e. The van der Waals surface area contributed by atoms with E-state index in [2.05, 4.69) is 14.9 Å². The topological polar surface area (TPSA) is 49.2 Å². The molecule has 1 aromatic rings. The Morgan fingerprint density at radius 3 is 3.14 bits per heavy atom. The van der Waals surface area contributed by atoms with Crippen molar-refractivity contribution in [2.75, 3.05) is 24.2 Å². The zero-order chi connectivity index (χ0) is 9.97. The first-order valence-electron chi connectivity index (χ1n) is 4.59. The van der Waals surface area contributed by atoms with Crippen molar-refractivity contribution in [2.45, 2.75) is 17.7 Å². The first kappa shape index (κ1) is 9.73. The Balaban J connectivity index is 2.15. The van der Waals surface area contributed by atoms with Gasteiger partial charge in [-0.15, -0.1) is 0 Å². The third kappa shape index (κ3) is 1.99. The zero-order valence-corrected chi connectivity index (χ0v) is 8.87. The zero-order valence-electron chi connectivity index (χ0n) is 8.05. The predicted molar refractivity (Wildman–Crippen MR) is 56.6 cm³/mol. The monoisotopic (exact) mass is 211 g/mol. The number of aromatic nitrogens is 2. The van der Waals surface area contributed by atoms with Crippen LogP contribution in [0.4, 0.5) is 5.82 Å². The van der Waals surface area contributed by atoms with Crippen molar-refractivity contribution in [2.24, 2.45) is 0 Å². The number of aliphatic hydroxyl groups is 1. The highest BCUT2D eigenvalue weighted by molar-refractivity contribution is 7.98. The molecule has 1 saturated heterocycles. The SMILES string of the molecule is CSc1nccc(N2CC[C@@H](O)C2)n1. The number of aliphatic hydroxyl groups excluding tert-OH is 1. The van der Waals surface area contributed by atoms with Crippen LogP contribution in [0.5, 0.6) is 0 Å². The molecule has 1 aliphatic heterocycles. The highest BCUT2D eigenvalue weighted by Crippen LogP contribution is 2.19. The summed E-state index contributed by atoms with van der Waals surface area (Å²) in [4.78, 5) is 10.6. The van der Waals surface area contributed by atoms with Crippen molar-refractivity contribution >= 4 is 17.6 Å². The summed E-state index contributed by atoms with van der Waals surface area (Å²) in [6.07, 6.45) is 4.35. The van der Waals surface area contributed by atoms with Crippen LogP contribution in [0.2, 0.25) is 0 Å². The van der Waals surface area contributed by atoms with E-state index in [4.69, 9.17) is 0 Å². The molecule has 0 saturated carbocycles. The molecule has 0 bridgehead atoms. The lowest BCUT2D eigenvalue weighted by Gasteiger charge is -2.16. The van der Waals surface area contributed by atoms with Crippen LogP contribution in [0.25, 0.3) is 0 Å². The Morgan fingerprint density at radius 1 is 1.64 bits per heavy atom. The van der Waals surface area contributed by atoms with Gasteiger partial charge < -0.3 is 10.0 Å². The fourth-order valence-corrected chi connectivity index (χ4v) is 1.91. The van der Waals surface area contributed by atoms with Crippen LogP contribution in [0.1, 0.15) is 6.42 Å². The van der Waals surface area contributed by atoms with Crippen LogP contribution in [0, 0.1) is 0 Å². The van der Waals surface area contributed by atoms with E-state index in [-0.39, 0.29) is 6.10 Å². The van der Waals surface area contributed by atoms with Crippen LogP contribution in [-0.4, -0.2) is 40.5 Å². The molecule has 0 aliphatic carbocycles. The van der Waals surface area contributed by atoms with Crippen molar-refractivity contribution in [3.63, 3.8) is 0 Å². The maximum atomic E-state index is 9.40. The van der Waals surface area contributed by atoms with Gasteiger partial charge in [-0.1, -0.05) is 11.8 Å². The minimum Gasteiger partial charge on any atom is -0.391 e. The molecule has 0 aromatic carbocycles. The molecule has 76 valence electrons. The number of hydrogen-bond donors (Lipinski definition) is 1. The first-order valence-corrected chi connectivity index (χ1v) is 5.82. The molecule has 1 aliphatic rings. The van der Waals surface area contributed by atoms with Gasteiger partial charge in [0.1, 0.15) is 5.82 Å². The van der Waals surface area contributed by atoms with Gasteiger partial charge in [-0.25, -0.2) is 9.97 Å². The molecule has 1 fully saturated rings. The van der Waals surface area contributed by atoms with E-state index in [0.29, 0.717) is 6.54 Å². The van der Waals surface area contributed by atoms with Gasteiger partial charge in [0.05, 0.1) is 6.10 Å². The second-order valence-corrected chi connectivity index (χ2v) is 4.06.